The van der Waals surface area contributed by atoms with Gasteiger partial charge in [-0.3, -0.25) is 4.79 Å². The summed E-state index contributed by atoms with van der Waals surface area (Å²) >= 11 is 3.37. The van der Waals surface area contributed by atoms with Gasteiger partial charge in [-0.25, -0.2) is 4.79 Å². The number of benzene rings is 1. The zero-order valence-corrected chi connectivity index (χ0v) is 14.1. The Morgan fingerprint density at radius 1 is 1.36 bits per heavy atom. The number of nitrogens with one attached hydrogen (secondary N) is 1. The Bertz CT molecular complexity index is 565. The van der Waals surface area contributed by atoms with Crippen molar-refractivity contribution in [1.82, 2.24) is 5.32 Å². The lowest BCUT2D eigenvalue weighted by atomic mass is 10.2. The smallest absolute Gasteiger partial charge is 0.331 e. The molecular formula is C17H20BrNO3. The highest BCUT2D eigenvalue weighted by atomic mass is 79.9. The van der Waals surface area contributed by atoms with E-state index in [1.807, 2.05) is 24.3 Å². The van der Waals surface area contributed by atoms with Crippen LogP contribution in [0.1, 0.15) is 38.2 Å². The third-order valence-electron chi connectivity index (χ3n) is 3.62. The highest BCUT2D eigenvalue weighted by Crippen LogP contribution is 2.17. The molecule has 0 aromatic heterocycles. The molecule has 0 heterocycles. The van der Waals surface area contributed by atoms with E-state index in [1.54, 1.807) is 13.0 Å². The van der Waals surface area contributed by atoms with Crippen molar-refractivity contribution in [1.29, 1.82) is 0 Å². The first-order valence-electron chi connectivity index (χ1n) is 7.49. The van der Waals surface area contributed by atoms with Crippen molar-refractivity contribution in [3.05, 3.63) is 40.4 Å². The standard InChI is InChI=1S/C17H20BrNO3/c1-12(17(21)19-15-7-2-3-8-15)22-16(20)10-9-13-5-4-6-14(18)11-13/h4-6,9-12,15H,2-3,7-8H2,1H3,(H,19,21). The van der Waals surface area contributed by atoms with Crippen LogP contribution in [0.5, 0.6) is 0 Å². The first-order chi connectivity index (χ1) is 10.5. The zero-order valence-electron chi connectivity index (χ0n) is 12.5. The summed E-state index contributed by atoms with van der Waals surface area (Å²) in [5.74, 6) is -0.745. The number of ether oxygens (including phenoxy) is 1. The van der Waals surface area contributed by atoms with Crippen LogP contribution in [0.25, 0.3) is 6.08 Å². The maximum Gasteiger partial charge on any atom is 0.331 e. The van der Waals surface area contributed by atoms with Gasteiger partial charge >= 0.3 is 5.97 Å². The summed E-state index contributed by atoms with van der Waals surface area (Å²) in [5.41, 5.74) is 0.884. The van der Waals surface area contributed by atoms with Crippen molar-refractivity contribution in [2.24, 2.45) is 0 Å². The molecule has 1 fully saturated rings. The van der Waals surface area contributed by atoms with E-state index in [-0.39, 0.29) is 11.9 Å². The number of halogens is 1. The molecule has 0 spiro atoms. The molecule has 1 aromatic carbocycles. The summed E-state index contributed by atoms with van der Waals surface area (Å²) in [6.07, 6.45) is 6.53. The number of rotatable bonds is 5. The molecule has 0 radical (unpaired) electrons. The lowest BCUT2D eigenvalue weighted by Gasteiger charge is -2.16. The molecule has 1 aliphatic rings. The molecule has 1 atom stereocenters. The topological polar surface area (TPSA) is 55.4 Å². The van der Waals surface area contributed by atoms with E-state index in [0.29, 0.717) is 0 Å². The van der Waals surface area contributed by atoms with Crippen LogP contribution in [-0.4, -0.2) is 24.0 Å². The molecule has 0 bridgehead atoms. The van der Waals surface area contributed by atoms with E-state index >= 15 is 0 Å². The average molecular weight is 366 g/mol. The van der Waals surface area contributed by atoms with Crippen LogP contribution in [0.15, 0.2) is 34.8 Å². The summed E-state index contributed by atoms with van der Waals surface area (Å²) in [7, 11) is 0. The van der Waals surface area contributed by atoms with Gasteiger partial charge in [0.2, 0.25) is 0 Å². The van der Waals surface area contributed by atoms with Gasteiger partial charge in [0.25, 0.3) is 5.91 Å². The average Bonchev–Trinajstić information content (AvgIpc) is 2.98. The molecule has 1 amide bonds. The molecule has 1 unspecified atom stereocenters. The van der Waals surface area contributed by atoms with Crippen LogP contribution in [-0.2, 0) is 14.3 Å². The predicted molar refractivity (Wildman–Crippen MR) is 89.1 cm³/mol. The number of hydrogen-bond donors (Lipinski definition) is 1. The maximum absolute atomic E-state index is 11.9. The quantitative estimate of drug-likeness (QED) is 0.642. The fraction of sp³-hybridized carbons (Fsp3) is 0.412. The number of amides is 1. The van der Waals surface area contributed by atoms with E-state index < -0.39 is 12.1 Å². The lowest BCUT2D eigenvalue weighted by Crippen LogP contribution is -2.40. The monoisotopic (exact) mass is 365 g/mol. The molecule has 1 N–H and O–H groups in total. The molecule has 0 saturated heterocycles. The molecule has 118 valence electrons. The van der Waals surface area contributed by atoms with E-state index in [1.165, 1.54) is 6.08 Å². The van der Waals surface area contributed by atoms with Crippen molar-refractivity contribution in [2.75, 3.05) is 0 Å². The molecule has 5 heteroatoms. The molecule has 0 aliphatic heterocycles. The molecule has 4 nitrogen and oxygen atoms in total. The van der Waals surface area contributed by atoms with Crippen molar-refractivity contribution in [3.63, 3.8) is 0 Å². The van der Waals surface area contributed by atoms with E-state index in [4.69, 9.17) is 4.74 Å². The second-order valence-electron chi connectivity index (χ2n) is 5.46. The normalized spacial score (nSPS) is 16.6. The number of hydrogen-bond acceptors (Lipinski definition) is 3. The summed E-state index contributed by atoms with van der Waals surface area (Å²) in [6, 6.07) is 7.79. The number of carbonyl (C=O) groups is 2. The SMILES string of the molecule is CC(OC(=O)C=Cc1cccc(Br)c1)C(=O)NC1CCCC1. The van der Waals surface area contributed by atoms with E-state index in [9.17, 15) is 9.59 Å². The van der Waals surface area contributed by atoms with Crippen molar-refractivity contribution < 1.29 is 14.3 Å². The van der Waals surface area contributed by atoms with Crippen LogP contribution >= 0.6 is 15.9 Å². The van der Waals surface area contributed by atoms with Crippen molar-refractivity contribution in [3.8, 4) is 0 Å². The number of carbonyl (C=O) groups excluding carboxylic acids is 2. The number of esters is 1. The zero-order chi connectivity index (χ0) is 15.9. The molecular weight excluding hydrogens is 346 g/mol. The molecule has 1 saturated carbocycles. The Balaban J connectivity index is 1.81. The van der Waals surface area contributed by atoms with Crippen molar-refractivity contribution >= 4 is 33.9 Å². The molecule has 22 heavy (non-hydrogen) atoms. The van der Waals surface area contributed by atoms with Crippen LogP contribution in [0.2, 0.25) is 0 Å². The second kappa shape index (κ2) is 8.13. The van der Waals surface area contributed by atoms with Crippen LogP contribution < -0.4 is 5.32 Å². The van der Waals surface area contributed by atoms with Gasteiger partial charge in [0.1, 0.15) is 0 Å². The molecule has 1 aliphatic carbocycles. The first-order valence-corrected chi connectivity index (χ1v) is 8.28. The largest absolute Gasteiger partial charge is 0.449 e. The summed E-state index contributed by atoms with van der Waals surface area (Å²) in [4.78, 5) is 23.7. The lowest BCUT2D eigenvalue weighted by molar-refractivity contribution is -0.150. The van der Waals surface area contributed by atoms with Gasteiger partial charge in [-0.2, -0.15) is 0 Å². The Kier molecular flexibility index (Phi) is 6.19. The fourth-order valence-electron chi connectivity index (χ4n) is 2.43. The Morgan fingerprint density at radius 3 is 2.77 bits per heavy atom. The van der Waals surface area contributed by atoms with Gasteiger partial charge in [-0.05, 0) is 43.5 Å². The van der Waals surface area contributed by atoms with Crippen LogP contribution in [0.3, 0.4) is 0 Å². The minimum atomic E-state index is -0.778. The maximum atomic E-state index is 11.9. The van der Waals surface area contributed by atoms with Gasteiger partial charge in [0.05, 0.1) is 0 Å². The predicted octanol–water partition coefficient (Wildman–Crippen LogP) is 3.45. The Labute approximate surface area is 139 Å². The highest BCUT2D eigenvalue weighted by Gasteiger charge is 2.22. The molecule has 2 rings (SSSR count). The van der Waals surface area contributed by atoms with Gasteiger partial charge in [0, 0.05) is 16.6 Å². The summed E-state index contributed by atoms with van der Waals surface area (Å²) < 4.78 is 6.06. The van der Waals surface area contributed by atoms with Gasteiger partial charge in [-0.1, -0.05) is 40.9 Å². The van der Waals surface area contributed by atoms with Gasteiger partial charge in [-0.15, -0.1) is 0 Å². The minimum Gasteiger partial charge on any atom is -0.449 e. The Hall–Kier alpha value is -1.62. The highest BCUT2D eigenvalue weighted by molar-refractivity contribution is 9.10. The van der Waals surface area contributed by atoms with Crippen LogP contribution in [0.4, 0.5) is 0 Å². The first kappa shape index (κ1) is 16.7. The second-order valence-corrected chi connectivity index (χ2v) is 6.37. The van der Waals surface area contributed by atoms with Crippen molar-refractivity contribution in [2.45, 2.75) is 44.8 Å². The fourth-order valence-corrected chi connectivity index (χ4v) is 2.85. The molecule has 1 aromatic rings. The van der Waals surface area contributed by atoms with Gasteiger partial charge < -0.3 is 10.1 Å². The third kappa shape index (κ3) is 5.30. The summed E-state index contributed by atoms with van der Waals surface area (Å²) in [5, 5.41) is 2.92. The third-order valence-corrected chi connectivity index (χ3v) is 4.12. The summed E-state index contributed by atoms with van der Waals surface area (Å²) in [6.45, 7) is 1.59. The van der Waals surface area contributed by atoms with E-state index in [0.717, 1.165) is 35.7 Å². The Morgan fingerprint density at radius 2 is 2.09 bits per heavy atom. The minimum absolute atomic E-state index is 0.226. The van der Waals surface area contributed by atoms with Gasteiger partial charge in [0.15, 0.2) is 6.10 Å². The van der Waals surface area contributed by atoms with E-state index in [2.05, 4.69) is 21.2 Å². The van der Waals surface area contributed by atoms with Crippen LogP contribution in [0, 0.1) is 0 Å².